The first-order chi connectivity index (χ1) is 9.28. The Bertz CT molecular complexity index is 638. The molecule has 0 bridgehead atoms. The van der Waals surface area contributed by atoms with E-state index in [1.165, 1.54) is 0 Å². The Hall–Kier alpha value is -2.19. The second kappa shape index (κ2) is 4.82. The number of hydrogen-bond donors (Lipinski definition) is 0. The van der Waals surface area contributed by atoms with Gasteiger partial charge in [0.25, 0.3) is 0 Å². The standard InChI is InChI=1S/C14H15N5/c1-18-5-7-19(8-6-18)13-10-16-12-4-2-3-11(9-15)14(12)17-13/h2-4,10H,5-8H2,1H3. The van der Waals surface area contributed by atoms with E-state index >= 15 is 0 Å². The molecule has 0 unspecified atom stereocenters. The molecule has 2 heterocycles. The summed E-state index contributed by atoms with van der Waals surface area (Å²) in [5.74, 6) is 0.864. The van der Waals surface area contributed by atoms with Crippen molar-refractivity contribution >= 4 is 16.9 Å². The maximum atomic E-state index is 9.13. The number of fused-ring (bicyclic) bond motifs is 1. The largest absolute Gasteiger partial charge is 0.353 e. The fraction of sp³-hybridized carbons (Fsp3) is 0.357. The van der Waals surface area contributed by atoms with Crippen LogP contribution in [0.25, 0.3) is 11.0 Å². The van der Waals surface area contributed by atoms with Crippen LogP contribution in [0.4, 0.5) is 5.82 Å². The Kier molecular flexibility index (Phi) is 3.02. The lowest BCUT2D eigenvalue weighted by Crippen LogP contribution is -2.44. The molecule has 1 fully saturated rings. The number of anilines is 1. The number of likely N-dealkylation sites (N-methyl/N-ethyl adjacent to an activating group) is 1. The van der Waals surface area contributed by atoms with E-state index in [9.17, 15) is 0 Å². The summed E-state index contributed by atoms with van der Waals surface area (Å²) in [5, 5.41) is 9.13. The molecule has 96 valence electrons. The van der Waals surface area contributed by atoms with Crippen LogP contribution in [0.2, 0.25) is 0 Å². The molecule has 0 N–H and O–H groups in total. The summed E-state index contributed by atoms with van der Waals surface area (Å²) in [4.78, 5) is 13.6. The zero-order chi connectivity index (χ0) is 13.2. The first kappa shape index (κ1) is 11.9. The molecule has 1 aromatic carbocycles. The highest BCUT2D eigenvalue weighted by Gasteiger charge is 2.16. The van der Waals surface area contributed by atoms with E-state index in [0.29, 0.717) is 11.1 Å². The van der Waals surface area contributed by atoms with Crippen molar-refractivity contribution in [1.82, 2.24) is 14.9 Å². The Labute approximate surface area is 112 Å². The number of para-hydroxylation sites is 1. The number of aromatic nitrogens is 2. The molecule has 1 aromatic heterocycles. The van der Waals surface area contributed by atoms with Gasteiger partial charge in [-0.3, -0.25) is 4.98 Å². The van der Waals surface area contributed by atoms with Gasteiger partial charge < -0.3 is 9.80 Å². The molecule has 1 saturated heterocycles. The van der Waals surface area contributed by atoms with Gasteiger partial charge in [-0.05, 0) is 19.2 Å². The van der Waals surface area contributed by atoms with Gasteiger partial charge in [0, 0.05) is 26.2 Å². The number of benzene rings is 1. The lowest BCUT2D eigenvalue weighted by molar-refractivity contribution is 0.312. The van der Waals surface area contributed by atoms with Gasteiger partial charge in [0.15, 0.2) is 0 Å². The molecule has 0 aliphatic carbocycles. The minimum Gasteiger partial charge on any atom is -0.353 e. The minimum atomic E-state index is 0.584. The Morgan fingerprint density at radius 1 is 1.21 bits per heavy atom. The summed E-state index contributed by atoms with van der Waals surface area (Å²) >= 11 is 0. The van der Waals surface area contributed by atoms with Crippen molar-refractivity contribution in [1.29, 1.82) is 5.26 Å². The van der Waals surface area contributed by atoms with Crippen LogP contribution in [0, 0.1) is 11.3 Å². The topological polar surface area (TPSA) is 56.0 Å². The molecule has 1 aliphatic heterocycles. The van der Waals surface area contributed by atoms with E-state index in [-0.39, 0.29) is 0 Å². The predicted molar refractivity (Wildman–Crippen MR) is 74.0 cm³/mol. The molecule has 2 aromatic rings. The minimum absolute atomic E-state index is 0.584. The number of hydrogen-bond acceptors (Lipinski definition) is 5. The van der Waals surface area contributed by atoms with Gasteiger partial charge in [-0.2, -0.15) is 5.26 Å². The molecule has 0 saturated carbocycles. The van der Waals surface area contributed by atoms with E-state index in [0.717, 1.165) is 37.5 Å². The summed E-state index contributed by atoms with van der Waals surface area (Å²) in [6, 6.07) is 7.68. The lowest BCUT2D eigenvalue weighted by atomic mass is 10.2. The Morgan fingerprint density at radius 3 is 2.74 bits per heavy atom. The number of nitrogens with zero attached hydrogens (tertiary/aromatic N) is 5. The van der Waals surface area contributed by atoms with Crippen molar-refractivity contribution in [3.05, 3.63) is 30.0 Å². The first-order valence-corrected chi connectivity index (χ1v) is 6.37. The summed E-state index contributed by atoms with van der Waals surface area (Å²) < 4.78 is 0. The summed E-state index contributed by atoms with van der Waals surface area (Å²) in [7, 11) is 2.12. The van der Waals surface area contributed by atoms with E-state index in [1.807, 2.05) is 12.1 Å². The maximum absolute atomic E-state index is 9.13. The molecule has 1 aliphatic rings. The van der Waals surface area contributed by atoms with Gasteiger partial charge in [0.05, 0.1) is 17.3 Å². The highest BCUT2D eigenvalue weighted by atomic mass is 15.3. The zero-order valence-electron chi connectivity index (χ0n) is 10.9. The van der Waals surface area contributed by atoms with Gasteiger partial charge in [-0.25, -0.2) is 4.98 Å². The summed E-state index contributed by atoms with van der Waals surface area (Å²) in [5.41, 5.74) is 2.05. The highest BCUT2D eigenvalue weighted by Crippen LogP contribution is 2.19. The molecule has 0 amide bonds. The van der Waals surface area contributed by atoms with Gasteiger partial charge in [0.1, 0.15) is 17.4 Å². The third-order valence-electron chi connectivity index (χ3n) is 3.51. The van der Waals surface area contributed by atoms with Crippen LogP contribution in [0.3, 0.4) is 0 Å². The Morgan fingerprint density at radius 2 is 2.00 bits per heavy atom. The van der Waals surface area contributed by atoms with Crippen LogP contribution < -0.4 is 4.90 Å². The highest BCUT2D eigenvalue weighted by molar-refractivity contribution is 5.81. The van der Waals surface area contributed by atoms with Crippen molar-refractivity contribution in [2.45, 2.75) is 0 Å². The van der Waals surface area contributed by atoms with Crippen molar-refractivity contribution in [2.75, 3.05) is 38.1 Å². The van der Waals surface area contributed by atoms with Gasteiger partial charge in [-0.15, -0.1) is 0 Å². The Balaban J connectivity index is 1.99. The second-order valence-electron chi connectivity index (χ2n) is 4.80. The van der Waals surface area contributed by atoms with Crippen molar-refractivity contribution < 1.29 is 0 Å². The van der Waals surface area contributed by atoms with Crippen molar-refractivity contribution in [3.8, 4) is 6.07 Å². The maximum Gasteiger partial charge on any atom is 0.147 e. The lowest BCUT2D eigenvalue weighted by Gasteiger charge is -2.33. The smallest absolute Gasteiger partial charge is 0.147 e. The van der Waals surface area contributed by atoms with Gasteiger partial charge in [0.2, 0.25) is 0 Å². The van der Waals surface area contributed by atoms with Crippen LogP contribution in [-0.2, 0) is 0 Å². The third-order valence-corrected chi connectivity index (χ3v) is 3.51. The zero-order valence-corrected chi connectivity index (χ0v) is 10.9. The fourth-order valence-corrected chi connectivity index (χ4v) is 2.30. The molecule has 3 rings (SSSR count). The quantitative estimate of drug-likeness (QED) is 0.765. The van der Waals surface area contributed by atoms with E-state index in [1.54, 1.807) is 12.3 Å². The fourth-order valence-electron chi connectivity index (χ4n) is 2.30. The van der Waals surface area contributed by atoms with Crippen LogP contribution in [-0.4, -0.2) is 48.1 Å². The number of nitriles is 1. The molecular formula is C14H15N5. The predicted octanol–water partition coefficient (Wildman–Crippen LogP) is 1.25. The SMILES string of the molecule is CN1CCN(c2cnc3cccc(C#N)c3n2)CC1. The van der Waals surface area contributed by atoms with Crippen molar-refractivity contribution in [3.63, 3.8) is 0 Å². The van der Waals surface area contributed by atoms with E-state index in [4.69, 9.17) is 5.26 Å². The molecular weight excluding hydrogens is 238 g/mol. The molecule has 0 radical (unpaired) electrons. The average Bonchev–Trinajstić information content (AvgIpc) is 2.47. The molecule has 19 heavy (non-hydrogen) atoms. The van der Waals surface area contributed by atoms with E-state index in [2.05, 4.69) is 32.9 Å². The van der Waals surface area contributed by atoms with Gasteiger partial charge in [-0.1, -0.05) is 6.07 Å². The summed E-state index contributed by atoms with van der Waals surface area (Å²) in [6.07, 6.45) is 1.80. The number of piperazine rings is 1. The van der Waals surface area contributed by atoms with Crippen LogP contribution in [0.15, 0.2) is 24.4 Å². The first-order valence-electron chi connectivity index (χ1n) is 6.37. The van der Waals surface area contributed by atoms with Crippen LogP contribution in [0.5, 0.6) is 0 Å². The number of rotatable bonds is 1. The monoisotopic (exact) mass is 253 g/mol. The van der Waals surface area contributed by atoms with E-state index < -0.39 is 0 Å². The molecule has 0 spiro atoms. The normalized spacial score (nSPS) is 16.5. The van der Waals surface area contributed by atoms with Crippen LogP contribution >= 0.6 is 0 Å². The van der Waals surface area contributed by atoms with Crippen molar-refractivity contribution in [2.24, 2.45) is 0 Å². The molecule has 5 heteroatoms. The molecule has 5 nitrogen and oxygen atoms in total. The molecule has 0 atom stereocenters. The third kappa shape index (κ3) is 2.23. The second-order valence-corrected chi connectivity index (χ2v) is 4.80. The summed E-state index contributed by atoms with van der Waals surface area (Å²) in [6.45, 7) is 3.95. The van der Waals surface area contributed by atoms with Crippen LogP contribution in [0.1, 0.15) is 5.56 Å². The van der Waals surface area contributed by atoms with Gasteiger partial charge >= 0.3 is 0 Å². The average molecular weight is 253 g/mol.